The maximum absolute atomic E-state index is 12.1. The number of benzene rings is 2. The van der Waals surface area contributed by atoms with Crippen LogP contribution in [0.4, 0.5) is 0 Å². The summed E-state index contributed by atoms with van der Waals surface area (Å²) in [5.74, 6) is 0.684. The quantitative estimate of drug-likeness (QED) is 0.717. The van der Waals surface area contributed by atoms with Gasteiger partial charge in [0, 0.05) is 25.8 Å². The third-order valence-electron chi connectivity index (χ3n) is 3.38. The molecule has 24 heavy (non-hydrogen) atoms. The summed E-state index contributed by atoms with van der Waals surface area (Å²) in [4.78, 5) is 12.1. The Morgan fingerprint density at radius 3 is 2.21 bits per heavy atom. The first-order valence-corrected chi connectivity index (χ1v) is 7.51. The summed E-state index contributed by atoms with van der Waals surface area (Å²) >= 11 is 0. The van der Waals surface area contributed by atoms with Crippen molar-refractivity contribution < 1.29 is 14.3 Å². The average molecular weight is 351 g/mol. The fraction of sp³-hybridized carbons (Fsp3) is 0.278. The number of hydrogen-bond acceptors (Lipinski definition) is 4. The Morgan fingerprint density at radius 2 is 1.62 bits per heavy atom. The number of nitrogens with one attached hydrogen (secondary N) is 1. The van der Waals surface area contributed by atoms with E-state index in [9.17, 15) is 4.79 Å². The highest BCUT2D eigenvalue weighted by molar-refractivity contribution is 5.94. The third kappa shape index (κ3) is 6.20. The predicted octanol–water partition coefficient (Wildman–Crippen LogP) is 2.52. The number of halogens is 1. The minimum atomic E-state index is -0.103. The second kappa shape index (κ2) is 10.6. The summed E-state index contributed by atoms with van der Waals surface area (Å²) in [5, 5.41) is 2.89. The Morgan fingerprint density at radius 1 is 1.00 bits per heavy atom. The second-order valence-corrected chi connectivity index (χ2v) is 5.07. The van der Waals surface area contributed by atoms with Crippen LogP contribution in [0.1, 0.15) is 21.5 Å². The van der Waals surface area contributed by atoms with E-state index in [0.717, 1.165) is 16.9 Å². The van der Waals surface area contributed by atoms with Crippen LogP contribution >= 0.6 is 12.4 Å². The van der Waals surface area contributed by atoms with Gasteiger partial charge in [0.2, 0.25) is 0 Å². The van der Waals surface area contributed by atoms with Crippen LogP contribution in [0.5, 0.6) is 5.75 Å². The molecule has 6 heteroatoms. The minimum absolute atomic E-state index is 0. The molecule has 3 N–H and O–H groups in total. The molecule has 2 rings (SSSR count). The number of rotatable bonds is 8. The van der Waals surface area contributed by atoms with Crippen LogP contribution in [0, 0.1) is 0 Å². The van der Waals surface area contributed by atoms with Crippen molar-refractivity contribution in [1.29, 1.82) is 0 Å². The van der Waals surface area contributed by atoms with Gasteiger partial charge in [0.1, 0.15) is 12.4 Å². The van der Waals surface area contributed by atoms with Gasteiger partial charge in [-0.25, -0.2) is 0 Å². The highest BCUT2D eigenvalue weighted by atomic mass is 35.5. The molecule has 0 heterocycles. The van der Waals surface area contributed by atoms with Crippen molar-refractivity contribution in [2.24, 2.45) is 5.73 Å². The number of amides is 1. The van der Waals surface area contributed by atoms with Gasteiger partial charge < -0.3 is 20.5 Å². The van der Waals surface area contributed by atoms with E-state index in [1.807, 2.05) is 36.4 Å². The molecule has 2 aromatic carbocycles. The maximum Gasteiger partial charge on any atom is 0.251 e. The molecule has 0 saturated heterocycles. The van der Waals surface area contributed by atoms with E-state index < -0.39 is 0 Å². The molecule has 0 aliphatic heterocycles. The highest BCUT2D eigenvalue weighted by Gasteiger charge is 2.05. The van der Waals surface area contributed by atoms with Crippen LogP contribution in [-0.4, -0.2) is 26.2 Å². The van der Waals surface area contributed by atoms with Crippen molar-refractivity contribution in [2.45, 2.75) is 13.1 Å². The molecule has 0 atom stereocenters. The lowest BCUT2D eigenvalue weighted by molar-refractivity contribution is 0.0951. The lowest BCUT2D eigenvalue weighted by atomic mass is 10.1. The molecule has 0 aliphatic rings. The molecule has 0 unspecified atom stereocenters. The minimum Gasteiger partial charge on any atom is -0.491 e. The molecule has 5 nitrogen and oxygen atoms in total. The lowest BCUT2D eigenvalue weighted by Crippen LogP contribution is -2.22. The third-order valence-corrected chi connectivity index (χ3v) is 3.38. The van der Waals surface area contributed by atoms with Gasteiger partial charge in [-0.3, -0.25) is 4.79 Å². The van der Waals surface area contributed by atoms with Crippen LogP contribution in [0.15, 0.2) is 48.5 Å². The largest absolute Gasteiger partial charge is 0.491 e. The molecule has 130 valence electrons. The Bertz CT molecular complexity index is 615. The predicted molar refractivity (Wildman–Crippen MR) is 96.6 cm³/mol. The van der Waals surface area contributed by atoms with Crippen LogP contribution in [-0.2, 0) is 17.8 Å². The van der Waals surface area contributed by atoms with Gasteiger partial charge in [-0.15, -0.1) is 12.4 Å². The van der Waals surface area contributed by atoms with Crippen molar-refractivity contribution in [3.8, 4) is 5.75 Å². The van der Waals surface area contributed by atoms with E-state index >= 15 is 0 Å². The fourth-order valence-corrected chi connectivity index (χ4v) is 2.02. The van der Waals surface area contributed by atoms with E-state index in [2.05, 4.69) is 5.32 Å². The number of methoxy groups -OCH3 is 1. The van der Waals surface area contributed by atoms with Gasteiger partial charge in [0.05, 0.1) is 6.61 Å². The highest BCUT2D eigenvalue weighted by Crippen LogP contribution is 2.12. The first kappa shape index (κ1) is 20.0. The average Bonchev–Trinajstić information content (AvgIpc) is 2.61. The first-order chi connectivity index (χ1) is 11.2. The number of hydrogen-bond donors (Lipinski definition) is 2. The topological polar surface area (TPSA) is 73.6 Å². The van der Waals surface area contributed by atoms with Gasteiger partial charge >= 0.3 is 0 Å². The zero-order valence-corrected chi connectivity index (χ0v) is 14.5. The number of carbonyl (C=O) groups is 1. The summed E-state index contributed by atoms with van der Waals surface area (Å²) in [6.07, 6.45) is 0. The summed E-state index contributed by atoms with van der Waals surface area (Å²) in [7, 11) is 1.64. The van der Waals surface area contributed by atoms with E-state index in [-0.39, 0.29) is 18.3 Å². The van der Waals surface area contributed by atoms with Gasteiger partial charge in [0.25, 0.3) is 5.91 Å². The van der Waals surface area contributed by atoms with Gasteiger partial charge in [-0.05, 0) is 35.4 Å². The summed E-state index contributed by atoms with van der Waals surface area (Å²) in [6.45, 7) is 2.02. The Labute approximate surface area is 148 Å². The van der Waals surface area contributed by atoms with Crippen molar-refractivity contribution in [3.05, 3.63) is 65.2 Å². The summed E-state index contributed by atoms with van der Waals surface area (Å²) in [5.41, 5.74) is 8.19. The van der Waals surface area contributed by atoms with Crippen LogP contribution in [0.2, 0.25) is 0 Å². The molecule has 0 saturated carbocycles. The van der Waals surface area contributed by atoms with Crippen molar-refractivity contribution in [1.82, 2.24) is 5.32 Å². The number of carbonyl (C=O) groups excluding carboxylic acids is 1. The lowest BCUT2D eigenvalue weighted by Gasteiger charge is -2.08. The molecule has 0 aromatic heterocycles. The first-order valence-electron chi connectivity index (χ1n) is 7.51. The smallest absolute Gasteiger partial charge is 0.251 e. The summed E-state index contributed by atoms with van der Waals surface area (Å²) < 4.78 is 10.4. The van der Waals surface area contributed by atoms with Crippen molar-refractivity contribution in [2.75, 3.05) is 20.3 Å². The molecule has 1 amide bonds. The van der Waals surface area contributed by atoms with E-state index in [1.165, 1.54) is 0 Å². The van der Waals surface area contributed by atoms with Gasteiger partial charge in [-0.2, -0.15) is 0 Å². The molecule has 0 spiro atoms. The van der Waals surface area contributed by atoms with E-state index in [1.54, 1.807) is 19.2 Å². The zero-order valence-electron chi connectivity index (χ0n) is 13.7. The Balaban J connectivity index is 0.00000288. The second-order valence-electron chi connectivity index (χ2n) is 5.07. The standard InChI is InChI=1S/C18H22N2O3.ClH/c1-22-10-11-23-17-8-4-15(5-9-17)13-20-18(21)16-6-2-14(12-19)3-7-16;/h2-9H,10-13,19H2,1H3,(H,20,21);1H. The normalized spacial score (nSPS) is 9.92. The SMILES string of the molecule is COCCOc1ccc(CNC(=O)c2ccc(CN)cc2)cc1.Cl. The molecular formula is C18H23ClN2O3. The van der Waals surface area contributed by atoms with E-state index in [0.29, 0.717) is 31.9 Å². The number of ether oxygens (including phenoxy) is 2. The summed E-state index contributed by atoms with van der Waals surface area (Å²) in [6, 6.07) is 14.9. The molecule has 0 bridgehead atoms. The molecule has 0 aliphatic carbocycles. The van der Waals surface area contributed by atoms with E-state index in [4.69, 9.17) is 15.2 Å². The fourth-order valence-electron chi connectivity index (χ4n) is 2.02. The van der Waals surface area contributed by atoms with Gasteiger partial charge in [0.15, 0.2) is 0 Å². The van der Waals surface area contributed by atoms with Crippen LogP contribution in [0.25, 0.3) is 0 Å². The molecular weight excluding hydrogens is 328 g/mol. The van der Waals surface area contributed by atoms with Crippen molar-refractivity contribution >= 4 is 18.3 Å². The Kier molecular flexibility index (Phi) is 8.86. The molecule has 2 aromatic rings. The molecule has 0 radical (unpaired) electrons. The number of nitrogens with two attached hydrogens (primary N) is 1. The monoisotopic (exact) mass is 350 g/mol. The van der Waals surface area contributed by atoms with Crippen molar-refractivity contribution in [3.63, 3.8) is 0 Å². The van der Waals surface area contributed by atoms with Crippen LogP contribution in [0.3, 0.4) is 0 Å². The maximum atomic E-state index is 12.1. The zero-order chi connectivity index (χ0) is 16.5. The molecule has 0 fully saturated rings. The Hall–Kier alpha value is -2.08. The van der Waals surface area contributed by atoms with Gasteiger partial charge in [-0.1, -0.05) is 24.3 Å². The van der Waals surface area contributed by atoms with Crippen LogP contribution < -0.4 is 15.8 Å².